The SMILES string of the molecule is CCCn1nc(Nc2nccs2)c2cc(C(F)(F)F)ccc21. The largest absolute Gasteiger partial charge is 0.416 e. The fourth-order valence-electron chi connectivity index (χ4n) is 2.22. The van der Waals surface area contributed by atoms with Gasteiger partial charge in [-0.2, -0.15) is 18.3 Å². The van der Waals surface area contributed by atoms with E-state index in [1.165, 1.54) is 17.4 Å². The summed E-state index contributed by atoms with van der Waals surface area (Å²) in [7, 11) is 0. The number of nitrogens with one attached hydrogen (secondary N) is 1. The van der Waals surface area contributed by atoms with Gasteiger partial charge in [0.15, 0.2) is 10.9 Å². The van der Waals surface area contributed by atoms with E-state index in [1.54, 1.807) is 16.3 Å². The summed E-state index contributed by atoms with van der Waals surface area (Å²) in [6, 6.07) is 3.68. The van der Waals surface area contributed by atoms with E-state index in [9.17, 15) is 13.2 Å². The zero-order valence-electron chi connectivity index (χ0n) is 11.7. The zero-order chi connectivity index (χ0) is 15.7. The zero-order valence-corrected chi connectivity index (χ0v) is 12.5. The monoisotopic (exact) mass is 326 g/mol. The number of benzene rings is 1. The molecule has 0 radical (unpaired) electrons. The molecule has 4 nitrogen and oxygen atoms in total. The van der Waals surface area contributed by atoms with Crippen LogP contribution in [0.1, 0.15) is 18.9 Å². The number of rotatable bonds is 4. The molecule has 8 heteroatoms. The predicted octanol–water partition coefficient (Wildman–Crippen LogP) is 4.67. The maximum atomic E-state index is 12.9. The molecule has 0 saturated heterocycles. The van der Waals surface area contributed by atoms with Crippen molar-refractivity contribution in [3.63, 3.8) is 0 Å². The average molecular weight is 326 g/mol. The van der Waals surface area contributed by atoms with Gasteiger partial charge in [-0.3, -0.25) is 4.68 Å². The third-order valence-electron chi connectivity index (χ3n) is 3.17. The first kappa shape index (κ1) is 14.8. The first-order chi connectivity index (χ1) is 10.5. The Morgan fingerprint density at radius 3 is 2.77 bits per heavy atom. The predicted molar refractivity (Wildman–Crippen MR) is 80.4 cm³/mol. The topological polar surface area (TPSA) is 42.7 Å². The number of anilines is 2. The summed E-state index contributed by atoms with van der Waals surface area (Å²) >= 11 is 1.36. The number of hydrogen-bond donors (Lipinski definition) is 1. The molecule has 0 spiro atoms. The lowest BCUT2D eigenvalue weighted by atomic mass is 10.1. The molecule has 0 aliphatic heterocycles. The molecular formula is C14H13F3N4S. The van der Waals surface area contributed by atoms with Gasteiger partial charge in [-0.05, 0) is 24.6 Å². The molecular weight excluding hydrogens is 313 g/mol. The van der Waals surface area contributed by atoms with E-state index >= 15 is 0 Å². The highest BCUT2D eigenvalue weighted by Crippen LogP contribution is 2.34. The molecule has 2 aromatic heterocycles. The van der Waals surface area contributed by atoms with Crippen molar-refractivity contribution in [2.45, 2.75) is 26.1 Å². The van der Waals surface area contributed by atoms with Crippen molar-refractivity contribution >= 4 is 33.2 Å². The van der Waals surface area contributed by atoms with Crippen molar-refractivity contribution in [2.24, 2.45) is 0 Å². The van der Waals surface area contributed by atoms with Crippen LogP contribution in [-0.4, -0.2) is 14.8 Å². The van der Waals surface area contributed by atoms with Crippen LogP contribution in [0.25, 0.3) is 10.9 Å². The molecule has 0 saturated carbocycles. The van der Waals surface area contributed by atoms with Gasteiger partial charge >= 0.3 is 6.18 Å². The Bertz CT molecular complexity index is 777. The lowest BCUT2D eigenvalue weighted by Crippen LogP contribution is -2.04. The van der Waals surface area contributed by atoms with Crippen molar-refractivity contribution in [3.8, 4) is 0 Å². The fourth-order valence-corrected chi connectivity index (χ4v) is 2.74. The Morgan fingerprint density at radius 1 is 1.32 bits per heavy atom. The number of thiazole rings is 1. The Hall–Kier alpha value is -2.09. The standard InChI is InChI=1S/C14H13F3N4S/c1-2-6-21-11-4-3-9(14(15,16)17)8-10(11)12(20-21)19-13-18-5-7-22-13/h3-5,7-8H,2,6H2,1H3,(H,18,19,20). The molecule has 3 rings (SSSR count). The van der Waals surface area contributed by atoms with Crippen LogP contribution in [0.5, 0.6) is 0 Å². The minimum Gasteiger partial charge on any atom is -0.314 e. The molecule has 0 unspecified atom stereocenters. The molecule has 116 valence electrons. The second-order valence-electron chi connectivity index (χ2n) is 4.76. The third kappa shape index (κ3) is 2.78. The van der Waals surface area contributed by atoms with Gasteiger partial charge in [-0.1, -0.05) is 6.92 Å². The van der Waals surface area contributed by atoms with Crippen molar-refractivity contribution < 1.29 is 13.2 Å². The van der Waals surface area contributed by atoms with E-state index in [-0.39, 0.29) is 0 Å². The van der Waals surface area contributed by atoms with E-state index in [0.717, 1.165) is 18.6 Å². The summed E-state index contributed by atoms with van der Waals surface area (Å²) in [4.78, 5) is 4.08. The van der Waals surface area contributed by atoms with E-state index in [0.29, 0.717) is 28.4 Å². The van der Waals surface area contributed by atoms with Gasteiger partial charge in [0.05, 0.1) is 11.1 Å². The van der Waals surface area contributed by atoms with Crippen LogP contribution < -0.4 is 5.32 Å². The first-order valence-corrected chi connectivity index (χ1v) is 7.61. The molecule has 1 N–H and O–H groups in total. The van der Waals surface area contributed by atoms with Crippen molar-refractivity contribution in [1.29, 1.82) is 0 Å². The van der Waals surface area contributed by atoms with Crippen LogP contribution >= 0.6 is 11.3 Å². The van der Waals surface area contributed by atoms with Crippen molar-refractivity contribution in [3.05, 3.63) is 35.3 Å². The minimum absolute atomic E-state index is 0.393. The van der Waals surface area contributed by atoms with Crippen LogP contribution in [0.15, 0.2) is 29.8 Å². The number of hydrogen-bond acceptors (Lipinski definition) is 4. The number of alkyl halides is 3. The molecule has 22 heavy (non-hydrogen) atoms. The second kappa shape index (κ2) is 5.60. The molecule has 2 heterocycles. The molecule has 0 aliphatic rings. The highest BCUT2D eigenvalue weighted by molar-refractivity contribution is 7.13. The Morgan fingerprint density at radius 2 is 2.14 bits per heavy atom. The quantitative estimate of drug-likeness (QED) is 0.758. The van der Waals surface area contributed by atoms with Gasteiger partial charge in [0.1, 0.15) is 0 Å². The maximum absolute atomic E-state index is 12.9. The summed E-state index contributed by atoms with van der Waals surface area (Å²) in [6.07, 6.45) is -1.91. The number of fused-ring (bicyclic) bond motifs is 1. The summed E-state index contributed by atoms with van der Waals surface area (Å²) in [5.74, 6) is 0.393. The van der Waals surface area contributed by atoms with E-state index in [4.69, 9.17) is 0 Å². The second-order valence-corrected chi connectivity index (χ2v) is 5.66. The third-order valence-corrected chi connectivity index (χ3v) is 3.86. The van der Waals surface area contributed by atoms with Gasteiger partial charge in [0.2, 0.25) is 0 Å². The molecule has 0 aliphatic carbocycles. The fraction of sp³-hybridized carbons (Fsp3) is 0.286. The lowest BCUT2D eigenvalue weighted by molar-refractivity contribution is -0.137. The smallest absolute Gasteiger partial charge is 0.314 e. The van der Waals surface area contributed by atoms with Gasteiger partial charge < -0.3 is 5.32 Å². The first-order valence-electron chi connectivity index (χ1n) is 6.73. The molecule has 3 aromatic rings. The maximum Gasteiger partial charge on any atom is 0.416 e. The Balaban J connectivity index is 2.12. The van der Waals surface area contributed by atoms with Gasteiger partial charge in [0, 0.05) is 23.5 Å². The van der Waals surface area contributed by atoms with Gasteiger partial charge in [0.25, 0.3) is 0 Å². The molecule has 0 fully saturated rings. The average Bonchev–Trinajstić information content (AvgIpc) is 3.08. The van der Waals surface area contributed by atoms with E-state index in [2.05, 4.69) is 15.4 Å². The highest BCUT2D eigenvalue weighted by Gasteiger charge is 2.31. The summed E-state index contributed by atoms with van der Waals surface area (Å²) in [5.41, 5.74) is -0.00727. The number of aryl methyl sites for hydroxylation is 1. The summed E-state index contributed by atoms with van der Waals surface area (Å²) in [6.45, 7) is 2.63. The molecule has 0 amide bonds. The lowest BCUT2D eigenvalue weighted by Gasteiger charge is -2.07. The Labute approximate surface area is 128 Å². The summed E-state index contributed by atoms with van der Waals surface area (Å²) < 4.78 is 40.5. The number of aromatic nitrogens is 3. The minimum atomic E-state index is -4.38. The molecule has 1 aromatic carbocycles. The normalized spacial score (nSPS) is 12.0. The number of nitrogens with zero attached hydrogens (tertiary/aromatic N) is 3. The van der Waals surface area contributed by atoms with E-state index in [1.807, 2.05) is 6.92 Å². The number of halogens is 3. The molecule has 0 bridgehead atoms. The van der Waals surface area contributed by atoms with Crippen molar-refractivity contribution in [1.82, 2.24) is 14.8 Å². The van der Waals surface area contributed by atoms with Crippen LogP contribution in [-0.2, 0) is 12.7 Å². The molecule has 0 atom stereocenters. The van der Waals surface area contributed by atoms with Crippen LogP contribution in [0, 0.1) is 0 Å². The summed E-state index contributed by atoms with van der Waals surface area (Å²) in [5, 5.41) is 10.2. The van der Waals surface area contributed by atoms with Gasteiger partial charge in [-0.25, -0.2) is 4.98 Å². The van der Waals surface area contributed by atoms with Crippen molar-refractivity contribution in [2.75, 3.05) is 5.32 Å². The Kier molecular flexibility index (Phi) is 3.78. The van der Waals surface area contributed by atoms with Gasteiger partial charge in [-0.15, -0.1) is 11.3 Å². The van der Waals surface area contributed by atoms with E-state index < -0.39 is 11.7 Å². The van der Waals surface area contributed by atoms with Crippen LogP contribution in [0.3, 0.4) is 0 Å². The highest BCUT2D eigenvalue weighted by atomic mass is 32.1. The van der Waals surface area contributed by atoms with Crippen LogP contribution in [0.2, 0.25) is 0 Å². The van der Waals surface area contributed by atoms with Crippen LogP contribution in [0.4, 0.5) is 24.1 Å².